The van der Waals surface area contributed by atoms with E-state index in [-0.39, 0.29) is 6.10 Å². The van der Waals surface area contributed by atoms with Crippen LogP contribution in [0.1, 0.15) is 20.9 Å². The Morgan fingerprint density at radius 1 is 0.909 bits per heavy atom. The van der Waals surface area contributed by atoms with E-state index in [1.54, 1.807) is 0 Å². The lowest BCUT2D eigenvalue weighted by Crippen LogP contribution is -2.43. The summed E-state index contributed by atoms with van der Waals surface area (Å²) in [6.07, 6.45) is 2.02. The minimum Gasteiger partial charge on any atom is -0.390 e. The first-order valence-corrected chi connectivity index (χ1v) is 9.77. The summed E-state index contributed by atoms with van der Waals surface area (Å²) in [5.41, 5.74) is 3.02. The Bertz CT molecular complexity index is 582. The van der Waals surface area contributed by atoms with Crippen molar-refractivity contribution in [2.24, 2.45) is 0 Å². The first-order chi connectivity index (χ1) is 10.8. The summed E-state index contributed by atoms with van der Waals surface area (Å²) in [4.78, 5) is 7.79. The van der Waals surface area contributed by atoms with Gasteiger partial charge in [0.1, 0.15) is 0 Å². The molecule has 0 radical (unpaired) electrons. The van der Waals surface area contributed by atoms with E-state index in [1.807, 2.05) is 22.7 Å². The zero-order chi connectivity index (χ0) is 14.9. The van der Waals surface area contributed by atoms with Gasteiger partial charge in [-0.3, -0.25) is 9.80 Å². The van der Waals surface area contributed by atoms with Gasteiger partial charge in [0.05, 0.1) is 6.10 Å². The molecule has 0 fully saturated rings. The van der Waals surface area contributed by atoms with Crippen LogP contribution in [0, 0.1) is 0 Å². The summed E-state index contributed by atoms with van der Waals surface area (Å²) in [5.74, 6) is 0. The van der Waals surface area contributed by atoms with E-state index in [2.05, 4.69) is 32.7 Å². The Balaban J connectivity index is 1.29. The fourth-order valence-corrected chi connectivity index (χ4v) is 5.49. The van der Waals surface area contributed by atoms with E-state index in [0.29, 0.717) is 0 Å². The van der Waals surface area contributed by atoms with Gasteiger partial charge in [-0.1, -0.05) is 0 Å². The van der Waals surface area contributed by atoms with Gasteiger partial charge in [0, 0.05) is 49.0 Å². The monoisotopic (exact) mass is 334 g/mol. The highest BCUT2D eigenvalue weighted by atomic mass is 32.1. The van der Waals surface area contributed by atoms with Crippen molar-refractivity contribution < 1.29 is 5.11 Å². The first-order valence-electron chi connectivity index (χ1n) is 8.01. The molecule has 4 rings (SSSR count). The number of thiophene rings is 2. The number of nitrogens with zero attached hydrogens (tertiary/aromatic N) is 2. The van der Waals surface area contributed by atoms with Gasteiger partial charge in [-0.15, -0.1) is 22.7 Å². The Morgan fingerprint density at radius 3 is 1.91 bits per heavy atom. The van der Waals surface area contributed by atoms with Crippen molar-refractivity contribution in [1.82, 2.24) is 9.80 Å². The molecule has 118 valence electrons. The molecule has 22 heavy (non-hydrogen) atoms. The molecule has 4 heterocycles. The van der Waals surface area contributed by atoms with Crippen LogP contribution in [0.3, 0.4) is 0 Å². The van der Waals surface area contributed by atoms with E-state index in [4.69, 9.17) is 0 Å². The van der Waals surface area contributed by atoms with Crippen molar-refractivity contribution in [3.8, 4) is 0 Å². The maximum atomic E-state index is 10.5. The number of hydrogen-bond acceptors (Lipinski definition) is 5. The van der Waals surface area contributed by atoms with Crippen molar-refractivity contribution in [1.29, 1.82) is 0 Å². The van der Waals surface area contributed by atoms with Crippen LogP contribution >= 0.6 is 22.7 Å². The van der Waals surface area contributed by atoms with Gasteiger partial charge in [-0.25, -0.2) is 0 Å². The van der Waals surface area contributed by atoms with Crippen molar-refractivity contribution in [3.05, 3.63) is 43.8 Å². The smallest absolute Gasteiger partial charge is 0.0794 e. The average molecular weight is 335 g/mol. The Kier molecular flexibility index (Phi) is 4.33. The molecule has 0 spiro atoms. The SMILES string of the molecule is OC(CN1CCc2ccsc2C1)CN1CCc2ccsc2C1. The number of hydrogen-bond donors (Lipinski definition) is 1. The van der Waals surface area contributed by atoms with Crippen molar-refractivity contribution in [2.75, 3.05) is 26.2 Å². The fourth-order valence-electron chi connectivity index (χ4n) is 3.54. The van der Waals surface area contributed by atoms with Gasteiger partial charge in [0.15, 0.2) is 0 Å². The van der Waals surface area contributed by atoms with Gasteiger partial charge in [0.25, 0.3) is 0 Å². The molecule has 0 saturated heterocycles. The first kappa shape index (κ1) is 14.8. The predicted octanol–water partition coefficient (Wildman–Crippen LogP) is 2.59. The maximum Gasteiger partial charge on any atom is 0.0794 e. The second-order valence-electron chi connectivity index (χ2n) is 6.36. The molecule has 2 aliphatic heterocycles. The highest BCUT2D eigenvalue weighted by Gasteiger charge is 2.23. The summed E-state index contributed by atoms with van der Waals surface area (Å²) >= 11 is 3.71. The van der Waals surface area contributed by atoms with Crippen LogP contribution in [0.2, 0.25) is 0 Å². The Hall–Kier alpha value is -0.720. The standard InChI is InChI=1S/C17H22N2OS2/c20-15(9-18-5-1-13-3-7-21-16(13)11-18)10-19-6-2-14-4-8-22-17(14)12-19/h3-4,7-8,15,20H,1-2,5-6,9-12H2. The van der Waals surface area contributed by atoms with E-state index < -0.39 is 0 Å². The third kappa shape index (κ3) is 3.14. The third-order valence-electron chi connectivity index (χ3n) is 4.74. The highest BCUT2D eigenvalue weighted by Crippen LogP contribution is 2.25. The largest absolute Gasteiger partial charge is 0.390 e. The average Bonchev–Trinajstić information content (AvgIpc) is 3.14. The minimum absolute atomic E-state index is 0.247. The fraction of sp³-hybridized carbons (Fsp3) is 0.529. The van der Waals surface area contributed by atoms with E-state index in [9.17, 15) is 5.11 Å². The molecule has 0 aliphatic carbocycles. The van der Waals surface area contributed by atoms with Crippen LogP contribution in [0.5, 0.6) is 0 Å². The molecule has 2 aromatic rings. The molecule has 2 aromatic heterocycles. The molecule has 0 unspecified atom stereocenters. The van der Waals surface area contributed by atoms with E-state index in [0.717, 1.165) is 52.1 Å². The van der Waals surface area contributed by atoms with Crippen molar-refractivity contribution in [3.63, 3.8) is 0 Å². The summed E-state index contributed by atoms with van der Waals surface area (Å²) in [6, 6.07) is 4.50. The number of β-amino-alcohol motifs (C(OH)–C–C–N with tert-alkyl or cyclic N) is 1. The topological polar surface area (TPSA) is 26.7 Å². The molecule has 0 bridgehead atoms. The van der Waals surface area contributed by atoms with Crippen LogP contribution in [-0.2, 0) is 25.9 Å². The van der Waals surface area contributed by atoms with Crippen molar-refractivity contribution >= 4 is 22.7 Å². The number of aliphatic hydroxyl groups is 1. The second-order valence-corrected chi connectivity index (χ2v) is 8.36. The zero-order valence-corrected chi connectivity index (χ0v) is 14.3. The molecular weight excluding hydrogens is 312 g/mol. The maximum absolute atomic E-state index is 10.5. The molecule has 1 N–H and O–H groups in total. The molecule has 0 amide bonds. The summed E-state index contributed by atoms with van der Waals surface area (Å²) in [6.45, 7) is 5.78. The van der Waals surface area contributed by atoms with E-state index in [1.165, 1.54) is 20.9 Å². The van der Waals surface area contributed by atoms with Crippen LogP contribution in [0.4, 0.5) is 0 Å². The van der Waals surface area contributed by atoms with Crippen LogP contribution < -0.4 is 0 Å². The Morgan fingerprint density at radius 2 is 1.41 bits per heavy atom. The lowest BCUT2D eigenvalue weighted by molar-refractivity contribution is 0.0658. The number of fused-ring (bicyclic) bond motifs is 2. The summed E-state index contributed by atoms with van der Waals surface area (Å²) < 4.78 is 0. The summed E-state index contributed by atoms with van der Waals surface area (Å²) in [7, 11) is 0. The molecular formula is C17H22N2OS2. The number of rotatable bonds is 4. The van der Waals surface area contributed by atoms with E-state index >= 15 is 0 Å². The highest BCUT2D eigenvalue weighted by molar-refractivity contribution is 7.10. The molecule has 0 aromatic carbocycles. The van der Waals surface area contributed by atoms with Gasteiger partial charge in [-0.2, -0.15) is 0 Å². The lowest BCUT2D eigenvalue weighted by Gasteiger charge is -2.32. The van der Waals surface area contributed by atoms with Crippen LogP contribution in [-0.4, -0.2) is 47.2 Å². The lowest BCUT2D eigenvalue weighted by atomic mass is 10.1. The van der Waals surface area contributed by atoms with Gasteiger partial charge >= 0.3 is 0 Å². The van der Waals surface area contributed by atoms with Crippen molar-refractivity contribution in [2.45, 2.75) is 32.0 Å². The quantitative estimate of drug-likeness (QED) is 0.931. The molecule has 0 atom stereocenters. The second kappa shape index (κ2) is 6.42. The molecule has 2 aliphatic rings. The normalized spacial score (nSPS) is 19.4. The zero-order valence-electron chi connectivity index (χ0n) is 12.7. The van der Waals surface area contributed by atoms with Gasteiger partial charge < -0.3 is 5.11 Å². The third-order valence-corrected chi connectivity index (χ3v) is 6.64. The van der Waals surface area contributed by atoms with Crippen LogP contribution in [0.15, 0.2) is 22.9 Å². The van der Waals surface area contributed by atoms with Gasteiger partial charge in [-0.05, 0) is 46.9 Å². The number of aliphatic hydroxyl groups excluding tert-OH is 1. The molecule has 0 saturated carbocycles. The molecule has 3 nitrogen and oxygen atoms in total. The predicted molar refractivity (Wildman–Crippen MR) is 92.6 cm³/mol. The Labute approximate surface area is 139 Å². The molecule has 5 heteroatoms. The summed E-state index contributed by atoms with van der Waals surface area (Å²) in [5, 5.41) is 14.9. The van der Waals surface area contributed by atoms with Crippen LogP contribution in [0.25, 0.3) is 0 Å². The van der Waals surface area contributed by atoms with Gasteiger partial charge in [0.2, 0.25) is 0 Å². The minimum atomic E-state index is -0.247.